The highest BCUT2D eigenvalue weighted by Crippen LogP contribution is 2.33. The van der Waals surface area contributed by atoms with Gasteiger partial charge in [-0.3, -0.25) is 4.79 Å². The second-order valence-corrected chi connectivity index (χ2v) is 8.34. The van der Waals surface area contributed by atoms with E-state index in [4.69, 9.17) is 11.6 Å². The number of carbonyl (C=O) groups excluding carboxylic acids is 1. The van der Waals surface area contributed by atoms with E-state index in [1.54, 1.807) is 11.8 Å². The van der Waals surface area contributed by atoms with Gasteiger partial charge in [-0.1, -0.05) is 49.2 Å². The second kappa shape index (κ2) is 9.63. The molecule has 0 atom stereocenters. The van der Waals surface area contributed by atoms with Crippen molar-refractivity contribution in [1.82, 2.24) is 10.2 Å². The summed E-state index contributed by atoms with van der Waals surface area (Å²) in [6, 6.07) is 12.3. The Bertz CT molecular complexity index is 739. The van der Waals surface area contributed by atoms with Crippen molar-refractivity contribution < 1.29 is 4.79 Å². The zero-order valence-electron chi connectivity index (χ0n) is 15.3. The zero-order valence-corrected chi connectivity index (χ0v) is 16.9. The molecule has 0 spiro atoms. The van der Waals surface area contributed by atoms with Gasteiger partial charge >= 0.3 is 0 Å². The van der Waals surface area contributed by atoms with Crippen LogP contribution in [0.25, 0.3) is 10.8 Å². The predicted molar refractivity (Wildman–Crippen MR) is 112 cm³/mol. The largest absolute Gasteiger partial charge is 0.353 e. The number of thioether (sulfide) groups is 1. The molecule has 0 aliphatic carbocycles. The number of nitrogens with one attached hydrogen (secondary N) is 1. The van der Waals surface area contributed by atoms with Gasteiger partial charge in [-0.2, -0.15) is 0 Å². The first kappa shape index (κ1) is 19.5. The normalized spacial score (nSPS) is 16.1. The van der Waals surface area contributed by atoms with Gasteiger partial charge < -0.3 is 10.2 Å². The van der Waals surface area contributed by atoms with Crippen LogP contribution in [-0.2, 0) is 4.79 Å². The van der Waals surface area contributed by atoms with E-state index in [0.29, 0.717) is 11.8 Å². The van der Waals surface area contributed by atoms with Gasteiger partial charge in [0.1, 0.15) is 0 Å². The molecule has 1 aliphatic heterocycles. The van der Waals surface area contributed by atoms with Crippen LogP contribution in [0.3, 0.4) is 0 Å². The highest BCUT2D eigenvalue weighted by molar-refractivity contribution is 8.00. The van der Waals surface area contributed by atoms with Gasteiger partial charge in [0.15, 0.2) is 0 Å². The molecule has 26 heavy (non-hydrogen) atoms. The molecule has 2 aromatic rings. The van der Waals surface area contributed by atoms with E-state index in [0.717, 1.165) is 46.6 Å². The van der Waals surface area contributed by atoms with Crippen molar-refractivity contribution in [1.29, 1.82) is 0 Å². The molecule has 0 saturated carbocycles. The summed E-state index contributed by atoms with van der Waals surface area (Å²) in [5.74, 6) is 0.548. The molecular weight excluding hydrogens is 364 g/mol. The van der Waals surface area contributed by atoms with Crippen LogP contribution in [0.15, 0.2) is 41.3 Å². The number of hydrogen-bond donors (Lipinski definition) is 1. The quantitative estimate of drug-likeness (QED) is 0.677. The number of fused-ring (bicyclic) bond motifs is 1. The van der Waals surface area contributed by atoms with E-state index in [-0.39, 0.29) is 5.91 Å². The third-order valence-electron chi connectivity index (χ3n) is 4.95. The number of nitrogens with zero attached hydrogens (tertiary/aromatic N) is 1. The summed E-state index contributed by atoms with van der Waals surface area (Å²) in [5, 5.41) is 6.10. The zero-order chi connectivity index (χ0) is 18.4. The average Bonchev–Trinajstić information content (AvgIpc) is 2.66. The molecule has 1 heterocycles. The van der Waals surface area contributed by atoms with Crippen LogP contribution in [0, 0.1) is 0 Å². The molecule has 1 aliphatic rings. The third kappa shape index (κ3) is 5.15. The molecule has 1 saturated heterocycles. The molecular formula is C21H27ClN2OS. The topological polar surface area (TPSA) is 32.3 Å². The molecule has 5 heteroatoms. The summed E-state index contributed by atoms with van der Waals surface area (Å²) >= 11 is 7.93. The Labute approximate surface area is 165 Å². The van der Waals surface area contributed by atoms with Gasteiger partial charge in [0.05, 0.1) is 5.75 Å². The fourth-order valence-corrected chi connectivity index (χ4v) is 4.73. The maximum atomic E-state index is 12.4. The Kier molecular flexibility index (Phi) is 7.23. The Morgan fingerprint density at radius 1 is 1.23 bits per heavy atom. The number of rotatable bonds is 7. The van der Waals surface area contributed by atoms with Crippen LogP contribution in [-0.4, -0.2) is 42.2 Å². The summed E-state index contributed by atoms with van der Waals surface area (Å²) in [5.41, 5.74) is 0. The smallest absolute Gasteiger partial charge is 0.230 e. The van der Waals surface area contributed by atoms with Crippen LogP contribution in [0.2, 0.25) is 5.02 Å². The molecule has 0 bridgehead atoms. The maximum Gasteiger partial charge on any atom is 0.230 e. The SMILES string of the molecule is CCCCN1CCC(NC(=O)CSc2cccc3cccc(Cl)c23)CC1. The van der Waals surface area contributed by atoms with Crippen LogP contribution in [0.1, 0.15) is 32.6 Å². The predicted octanol–water partition coefficient (Wildman–Crippen LogP) is 4.97. The minimum absolute atomic E-state index is 0.117. The van der Waals surface area contributed by atoms with Gasteiger partial charge in [0, 0.05) is 34.4 Å². The summed E-state index contributed by atoms with van der Waals surface area (Å²) in [4.78, 5) is 16.0. The number of carbonyl (C=O) groups is 1. The Hall–Kier alpha value is -1.23. The van der Waals surface area contributed by atoms with E-state index in [1.807, 2.05) is 24.3 Å². The lowest BCUT2D eigenvalue weighted by Crippen LogP contribution is -2.45. The van der Waals surface area contributed by atoms with Crippen molar-refractivity contribution in [2.75, 3.05) is 25.4 Å². The first-order chi connectivity index (χ1) is 12.7. The molecule has 0 aromatic heterocycles. The number of halogens is 1. The number of benzene rings is 2. The lowest BCUT2D eigenvalue weighted by molar-refractivity contribution is -0.119. The van der Waals surface area contributed by atoms with Gasteiger partial charge in [0.2, 0.25) is 5.91 Å². The number of hydrogen-bond acceptors (Lipinski definition) is 3. The molecule has 0 unspecified atom stereocenters. The lowest BCUT2D eigenvalue weighted by atomic mass is 10.0. The first-order valence-corrected chi connectivity index (χ1v) is 10.9. The number of amides is 1. The van der Waals surface area contributed by atoms with Crippen molar-refractivity contribution in [2.24, 2.45) is 0 Å². The second-order valence-electron chi connectivity index (χ2n) is 6.92. The molecule has 0 radical (unpaired) electrons. The van der Waals surface area contributed by atoms with Crippen molar-refractivity contribution in [2.45, 2.75) is 43.5 Å². The number of unbranched alkanes of at least 4 members (excludes halogenated alkanes) is 1. The summed E-state index contributed by atoms with van der Waals surface area (Å²) in [7, 11) is 0. The Morgan fingerprint density at radius 3 is 2.69 bits per heavy atom. The van der Waals surface area contributed by atoms with Gasteiger partial charge in [-0.15, -0.1) is 11.8 Å². The van der Waals surface area contributed by atoms with E-state index in [1.165, 1.54) is 19.4 Å². The molecule has 2 aromatic carbocycles. The highest BCUT2D eigenvalue weighted by Gasteiger charge is 2.20. The van der Waals surface area contributed by atoms with Crippen molar-refractivity contribution in [3.8, 4) is 0 Å². The summed E-state index contributed by atoms with van der Waals surface area (Å²) < 4.78 is 0. The van der Waals surface area contributed by atoms with Crippen LogP contribution >= 0.6 is 23.4 Å². The van der Waals surface area contributed by atoms with E-state index in [2.05, 4.69) is 29.3 Å². The molecule has 1 fully saturated rings. The first-order valence-electron chi connectivity index (χ1n) is 9.49. The van der Waals surface area contributed by atoms with E-state index in [9.17, 15) is 4.79 Å². The Balaban J connectivity index is 1.50. The summed E-state index contributed by atoms with van der Waals surface area (Å²) in [6.45, 7) is 5.61. The highest BCUT2D eigenvalue weighted by atomic mass is 35.5. The van der Waals surface area contributed by atoms with Gasteiger partial charge in [0.25, 0.3) is 0 Å². The average molecular weight is 391 g/mol. The van der Waals surface area contributed by atoms with Gasteiger partial charge in [-0.05, 0) is 43.3 Å². The minimum atomic E-state index is 0.117. The molecule has 1 amide bonds. The van der Waals surface area contributed by atoms with Crippen LogP contribution in [0.5, 0.6) is 0 Å². The fraction of sp³-hybridized carbons (Fsp3) is 0.476. The van der Waals surface area contributed by atoms with Crippen molar-refractivity contribution in [3.05, 3.63) is 41.4 Å². The van der Waals surface area contributed by atoms with Crippen molar-refractivity contribution >= 4 is 40.0 Å². The lowest BCUT2D eigenvalue weighted by Gasteiger charge is -2.32. The number of likely N-dealkylation sites (tertiary alicyclic amines) is 1. The van der Waals surface area contributed by atoms with Crippen LogP contribution < -0.4 is 5.32 Å². The Morgan fingerprint density at radius 2 is 1.96 bits per heavy atom. The molecule has 3 nitrogen and oxygen atoms in total. The monoisotopic (exact) mass is 390 g/mol. The fourth-order valence-electron chi connectivity index (χ4n) is 3.48. The number of piperidine rings is 1. The van der Waals surface area contributed by atoms with E-state index < -0.39 is 0 Å². The van der Waals surface area contributed by atoms with Gasteiger partial charge in [-0.25, -0.2) is 0 Å². The van der Waals surface area contributed by atoms with Crippen molar-refractivity contribution in [3.63, 3.8) is 0 Å². The standard InChI is InChI=1S/C21H27ClN2OS/c1-2-3-12-24-13-10-17(11-14-24)23-20(25)15-26-19-9-5-7-16-6-4-8-18(22)21(16)19/h4-9,17H,2-3,10-15H2,1H3,(H,23,25). The maximum absolute atomic E-state index is 12.4. The summed E-state index contributed by atoms with van der Waals surface area (Å²) in [6.07, 6.45) is 4.62. The van der Waals surface area contributed by atoms with E-state index >= 15 is 0 Å². The van der Waals surface area contributed by atoms with Crippen LogP contribution in [0.4, 0.5) is 0 Å². The molecule has 3 rings (SSSR count). The molecule has 140 valence electrons. The third-order valence-corrected chi connectivity index (χ3v) is 6.33. The molecule has 1 N–H and O–H groups in total. The minimum Gasteiger partial charge on any atom is -0.353 e.